The first kappa shape index (κ1) is 5.28. The lowest BCUT2D eigenvalue weighted by Crippen LogP contribution is -2.51. The van der Waals surface area contributed by atoms with Crippen molar-refractivity contribution in [3.05, 3.63) is 5.53 Å². The van der Waals surface area contributed by atoms with Gasteiger partial charge in [0, 0.05) is 18.8 Å². The Morgan fingerprint density at radius 1 is 1.50 bits per heavy atom. The molecule has 2 saturated heterocycles. The monoisotopic (exact) mass is 136 g/mol. The largest absolute Gasteiger partial charge is 0.506 e. The number of hydrogen-bond acceptors (Lipinski definition) is 0. The third kappa shape index (κ3) is 0.332. The van der Waals surface area contributed by atoms with E-state index in [4.69, 9.17) is 0 Å². The van der Waals surface area contributed by atoms with Gasteiger partial charge in [0.2, 0.25) is 0 Å². The molecule has 4 aliphatic rings. The van der Waals surface area contributed by atoms with Crippen molar-refractivity contribution < 1.29 is 4.70 Å². The predicted molar refractivity (Wildman–Crippen MR) is 36.7 cm³/mol. The van der Waals surface area contributed by atoms with Gasteiger partial charge in [-0.15, -0.1) is 0 Å². The van der Waals surface area contributed by atoms with Crippen molar-refractivity contribution in [1.29, 1.82) is 0 Å². The van der Waals surface area contributed by atoms with Gasteiger partial charge in [0.05, 0.1) is 6.42 Å². The zero-order valence-corrected chi connectivity index (χ0v) is 6.08. The maximum atomic E-state index is 9.54. The van der Waals surface area contributed by atoms with Crippen LogP contribution in [0.2, 0.25) is 0 Å². The molecule has 0 N–H and O–H groups in total. The molecule has 0 amide bonds. The summed E-state index contributed by atoms with van der Waals surface area (Å²) in [6.07, 6.45) is 6.53. The maximum absolute atomic E-state index is 9.54. The van der Waals surface area contributed by atoms with Crippen LogP contribution in [-0.2, 0) is 0 Å². The van der Waals surface area contributed by atoms with Crippen molar-refractivity contribution in [2.24, 2.45) is 5.92 Å². The van der Waals surface area contributed by atoms with Crippen molar-refractivity contribution in [3.63, 3.8) is 0 Å². The molecule has 0 aromatic carbocycles. The van der Waals surface area contributed by atoms with Gasteiger partial charge < -0.3 is 10.2 Å². The molecule has 4 fully saturated rings. The minimum Gasteiger partial charge on any atom is -0.506 e. The van der Waals surface area contributed by atoms with E-state index in [0.29, 0.717) is 11.6 Å². The number of rotatable bonds is 0. The van der Waals surface area contributed by atoms with Gasteiger partial charge in [-0.3, -0.25) is 0 Å². The van der Waals surface area contributed by atoms with Crippen LogP contribution in [0.5, 0.6) is 0 Å². The average Bonchev–Trinajstić information content (AvgIpc) is 2.45. The van der Waals surface area contributed by atoms with Gasteiger partial charge in [0.1, 0.15) is 6.04 Å². The molecule has 2 aliphatic carbocycles. The fourth-order valence-electron chi connectivity index (χ4n) is 3.39. The van der Waals surface area contributed by atoms with Crippen LogP contribution in [0.25, 0.3) is 5.53 Å². The van der Waals surface area contributed by atoms with Gasteiger partial charge in [-0.2, -0.15) is 0 Å². The highest BCUT2D eigenvalue weighted by atomic mass is 15.3. The molecule has 3 atom stereocenters. The van der Waals surface area contributed by atoms with Gasteiger partial charge in [-0.05, 0) is 12.8 Å². The molecule has 2 saturated carbocycles. The molecule has 2 heteroatoms. The Labute approximate surface area is 60.7 Å². The maximum Gasteiger partial charge on any atom is 0.160 e. The van der Waals surface area contributed by atoms with Gasteiger partial charge in [0.15, 0.2) is 5.54 Å². The lowest BCUT2D eigenvalue weighted by molar-refractivity contribution is -0.702. The summed E-state index contributed by atoms with van der Waals surface area (Å²) in [5.41, 5.74) is 9.84. The third-order valence-electron chi connectivity index (χ3n) is 3.87. The van der Waals surface area contributed by atoms with Crippen molar-refractivity contribution in [2.75, 3.05) is 0 Å². The second kappa shape index (κ2) is 1.29. The fraction of sp³-hybridized carbons (Fsp3) is 1.00. The summed E-state index contributed by atoms with van der Waals surface area (Å²) < 4.78 is 1.66. The highest BCUT2D eigenvalue weighted by molar-refractivity contribution is 5.07. The van der Waals surface area contributed by atoms with Gasteiger partial charge >= 0.3 is 0 Å². The van der Waals surface area contributed by atoms with Crippen LogP contribution in [-0.4, -0.2) is 16.3 Å². The van der Waals surface area contributed by atoms with Crippen molar-refractivity contribution in [1.82, 2.24) is 0 Å². The molecule has 0 aromatic rings. The first-order valence-corrected chi connectivity index (χ1v) is 4.31. The smallest absolute Gasteiger partial charge is 0.160 e. The lowest BCUT2D eigenvalue weighted by Gasteiger charge is -2.37. The molecule has 54 valence electrons. The summed E-state index contributed by atoms with van der Waals surface area (Å²) in [4.78, 5) is 0. The Balaban J connectivity index is 2.08. The van der Waals surface area contributed by atoms with E-state index in [0.717, 1.165) is 5.92 Å². The molecule has 3 unspecified atom stereocenters. The van der Waals surface area contributed by atoms with E-state index in [1.165, 1.54) is 32.1 Å². The van der Waals surface area contributed by atoms with Crippen molar-refractivity contribution in [2.45, 2.75) is 43.7 Å². The molecule has 2 nitrogen and oxygen atoms in total. The van der Waals surface area contributed by atoms with Crippen LogP contribution in [0.15, 0.2) is 0 Å². The third-order valence-corrected chi connectivity index (χ3v) is 3.87. The molecular weight excluding hydrogens is 124 g/mol. The Morgan fingerprint density at radius 3 is 3.10 bits per heavy atom. The summed E-state index contributed by atoms with van der Waals surface area (Å²) >= 11 is 0. The summed E-state index contributed by atoms with van der Waals surface area (Å²) in [5, 5.41) is 0. The summed E-state index contributed by atoms with van der Waals surface area (Å²) in [6, 6.07) is 0.547. The van der Waals surface area contributed by atoms with Gasteiger partial charge in [-0.25, -0.2) is 0 Å². The topological polar surface area (TPSA) is 25.3 Å². The quantitative estimate of drug-likeness (QED) is 0.453. The SMILES string of the molecule is [N-]=[N+]1C2CC3CCCC31C2. The second-order valence-corrected chi connectivity index (χ2v) is 4.13. The molecule has 2 bridgehead atoms. The van der Waals surface area contributed by atoms with Crippen LogP contribution < -0.4 is 0 Å². The van der Waals surface area contributed by atoms with Crippen LogP contribution in [0.4, 0.5) is 0 Å². The predicted octanol–water partition coefficient (Wildman–Crippen LogP) is 1.74. The van der Waals surface area contributed by atoms with E-state index in [1.807, 2.05) is 0 Å². The van der Waals surface area contributed by atoms with E-state index in [1.54, 1.807) is 4.70 Å². The molecule has 4 rings (SSSR count). The Kier molecular flexibility index (Phi) is 0.682. The average molecular weight is 136 g/mol. The lowest BCUT2D eigenvalue weighted by atomic mass is 9.86. The second-order valence-electron chi connectivity index (χ2n) is 4.13. The van der Waals surface area contributed by atoms with E-state index in [-0.39, 0.29) is 0 Å². The highest BCUT2D eigenvalue weighted by Gasteiger charge is 2.67. The first-order valence-electron chi connectivity index (χ1n) is 4.31. The number of hydrogen-bond donors (Lipinski definition) is 0. The van der Waals surface area contributed by atoms with E-state index in [2.05, 4.69) is 0 Å². The normalized spacial score (nSPS) is 56.6. The Bertz CT molecular complexity index is 205. The van der Waals surface area contributed by atoms with E-state index in [9.17, 15) is 5.53 Å². The molecule has 10 heavy (non-hydrogen) atoms. The van der Waals surface area contributed by atoms with Crippen LogP contribution >= 0.6 is 0 Å². The first-order chi connectivity index (χ1) is 4.83. The van der Waals surface area contributed by atoms with Crippen molar-refractivity contribution in [3.8, 4) is 0 Å². The van der Waals surface area contributed by atoms with Crippen molar-refractivity contribution >= 4 is 0 Å². The molecule has 0 aromatic heterocycles. The van der Waals surface area contributed by atoms with Crippen LogP contribution in [0, 0.1) is 5.92 Å². The molecule has 0 radical (unpaired) electrons. The minimum atomic E-state index is 0.296. The molecule has 1 spiro atoms. The Morgan fingerprint density at radius 2 is 2.40 bits per heavy atom. The zero-order chi connectivity index (χ0) is 6.77. The highest BCUT2D eigenvalue weighted by Crippen LogP contribution is 2.58. The van der Waals surface area contributed by atoms with Crippen LogP contribution in [0.3, 0.4) is 0 Å². The summed E-state index contributed by atoms with van der Waals surface area (Å²) in [6.45, 7) is 0. The summed E-state index contributed by atoms with van der Waals surface area (Å²) in [5.74, 6) is 0.850. The minimum absolute atomic E-state index is 0.296. The van der Waals surface area contributed by atoms with Gasteiger partial charge in [0.25, 0.3) is 0 Å². The molecule has 2 aliphatic heterocycles. The van der Waals surface area contributed by atoms with E-state index >= 15 is 0 Å². The fourth-order valence-corrected chi connectivity index (χ4v) is 3.39. The van der Waals surface area contributed by atoms with Crippen LogP contribution in [0.1, 0.15) is 32.1 Å². The molecular formula is C8H12N2. The Hall–Kier alpha value is -0.400. The number of nitrogens with zero attached hydrogens (tertiary/aromatic N) is 2. The zero-order valence-electron chi connectivity index (χ0n) is 6.08. The standard InChI is InChI=1S/C8H12N2/c9-10-7-4-6-2-1-3-8(6,10)5-7/h6-7H,1-5H2. The van der Waals surface area contributed by atoms with Gasteiger partial charge in [-0.1, -0.05) is 0 Å². The summed E-state index contributed by atoms with van der Waals surface area (Å²) in [7, 11) is 0. The van der Waals surface area contributed by atoms with E-state index < -0.39 is 0 Å². The molecule has 2 heterocycles.